The minimum absolute atomic E-state index is 0.222. The van der Waals surface area contributed by atoms with Crippen LogP contribution in [0, 0.1) is 5.82 Å². The van der Waals surface area contributed by atoms with Crippen molar-refractivity contribution in [1.29, 1.82) is 0 Å². The van der Waals surface area contributed by atoms with Crippen molar-refractivity contribution < 1.29 is 13.9 Å². The molecule has 0 spiro atoms. The number of hydrogen-bond acceptors (Lipinski definition) is 3. The van der Waals surface area contributed by atoms with Crippen LogP contribution in [0.2, 0.25) is 0 Å². The summed E-state index contributed by atoms with van der Waals surface area (Å²) < 4.78 is 19.7. The Labute approximate surface area is 128 Å². The van der Waals surface area contributed by atoms with Crippen molar-refractivity contribution in [2.24, 2.45) is 0 Å². The Morgan fingerprint density at radius 3 is 2.77 bits per heavy atom. The number of benzene rings is 1. The quantitative estimate of drug-likeness (QED) is 0.833. The molecule has 1 aromatic heterocycles. The zero-order chi connectivity index (χ0) is 15.5. The minimum Gasteiger partial charge on any atom is -0.383 e. The average molecular weight is 303 g/mol. The monoisotopic (exact) mass is 303 g/mol. The Morgan fingerprint density at radius 1 is 1.41 bits per heavy atom. The number of carbonyl (C=O) groups excluding carboxylic acids is 1. The summed E-state index contributed by atoms with van der Waals surface area (Å²) in [7, 11) is 1.58. The van der Waals surface area contributed by atoms with Gasteiger partial charge in [-0.2, -0.15) is 5.10 Å². The minimum atomic E-state index is -0.290. The predicted molar refractivity (Wildman–Crippen MR) is 79.7 cm³/mol. The van der Waals surface area contributed by atoms with Gasteiger partial charge in [0.15, 0.2) is 5.69 Å². The number of aromatic nitrogens is 2. The molecule has 0 aliphatic heterocycles. The highest BCUT2D eigenvalue weighted by molar-refractivity contribution is 5.92. The van der Waals surface area contributed by atoms with Crippen molar-refractivity contribution in [3.05, 3.63) is 47.5 Å². The smallest absolute Gasteiger partial charge is 0.271 e. The first kappa shape index (κ1) is 14.7. The third-order valence-corrected chi connectivity index (χ3v) is 3.63. The summed E-state index contributed by atoms with van der Waals surface area (Å²) in [6.07, 6.45) is 2.19. The van der Waals surface area contributed by atoms with Crippen molar-refractivity contribution in [3.8, 4) is 5.69 Å². The fraction of sp³-hybridized carbons (Fsp3) is 0.375. The van der Waals surface area contributed by atoms with Gasteiger partial charge in [-0.1, -0.05) is 0 Å². The molecule has 2 aromatic rings. The van der Waals surface area contributed by atoms with E-state index < -0.39 is 0 Å². The Hall–Kier alpha value is -2.21. The van der Waals surface area contributed by atoms with Crippen LogP contribution in [0.25, 0.3) is 5.69 Å². The van der Waals surface area contributed by atoms with Gasteiger partial charge in [0.1, 0.15) is 5.82 Å². The summed E-state index contributed by atoms with van der Waals surface area (Å²) in [4.78, 5) is 12.1. The molecule has 6 heteroatoms. The van der Waals surface area contributed by atoms with Gasteiger partial charge in [0, 0.05) is 25.3 Å². The third-order valence-electron chi connectivity index (χ3n) is 3.63. The molecule has 1 aliphatic rings. The molecule has 5 nitrogen and oxygen atoms in total. The first-order valence-corrected chi connectivity index (χ1v) is 7.32. The Bertz CT molecular complexity index is 663. The Kier molecular flexibility index (Phi) is 4.20. The molecule has 1 heterocycles. The lowest BCUT2D eigenvalue weighted by molar-refractivity contribution is 0.0931. The second-order valence-corrected chi connectivity index (χ2v) is 5.37. The lowest BCUT2D eigenvalue weighted by Gasteiger charge is -2.06. The van der Waals surface area contributed by atoms with Crippen molar-refractivity contribution >= 4 is 5.91 Å². The predicted octanol–water partition coefficient (Wildman–Crippen LogP) is 2.26. The maximum Gasteiger partial charge on any atom is 0.271 e. The fourth-order valence-corrected chi connectivity index (χ4v) is 2.32. The molecule has 1 aliphatic carbocycles. The van der Waals surface area contributed by atoms with E-state index in [2.05, 4.69) is 10.4 Å². The maximum absolute atomic E-state index is 13.1. The maximum atomic E-state index is 13.1. The zero-order valence-corrected chi connectivity index (χ0v) is 12.4. The first-order valence-electron chi connectivity index (χ1n) is 7.32. The van der Waals surface area contributed by atoms with Crippen LogP contribution in [-0.4, -0.2) is 35.9 Å². The topological polar surface area (TPSA) is 56.1 Å². The molecular weight excluding hydrogens is 285 g/mol. The molecular formula is C16H18FN3O2. The van der Waals surface area contributed by atoms with Gasteiger partial charge in [0.05, 0.1) is 12.3 Å². The molecule has 1 amide bonds. The molecule has 0 atom stereocenters. The second kappa shape index (κ2) is 6.27. The van der Waals surface area contributed by atoms with Gasteiger partial charge in [-0.25, -0.2) is 9.07 Å². The average Bonchev–Trinajstić information content (AvgIpc) is 3.27. The number of rotatable bonds is 6. The Morgan fingerprint density at radius 2 is 2.14 bits per heavy atom. The van der Waals surface area contributed by atoms with Crippen molar-refractivity contribution in [2.45, 2.75) is 18.8 Å². The van der Waals surface area contributed by atoms with Crippen LogP contribution >= 0.6 is 0 Å². The highest BCUT2D eigenvalue weighted by atomic mass is 19.1. The molecule has 1 aromatic carbocycles. The number of hydrogen-bond donors (Lipinski definition) is 1. The first-order chi connectivity index (χ1) is 10.7. The van der Waals surface area contributed by atoms with Crippen LogP contribution in [0.15, 0.2) is 30.3 Å². The Balaban J connectivity index is 1.86. The van der Waals surface area contributed by atoms with E-state index in [1.807, 2.05) is 6.07 Å². The molecule has 22 heavy (non-hydrogen) atoms. The van der Waals surface area contributed by atoms with Gasteiger partial charge < -0.3 is 10.1 Å². The number of nitrogens with one attached hydrogen (secondary N) is 1. The summed E-state index contributed by atoms with van der Waals surface area (Å²) in [6, 6.07) is 7.95. The van der Waals surface area contributed by atoms with Crippen molar-refractivity contribution in [1.82, 2.24) is 15.1 Å². The molecule has 1 fully saturated rings. The molecule has 1 saturated carbocycles. The number of carbonyl (C=O) groups is 1. The number of halogens is 1. The summed E-state index contributed by atoms with van der Waals surface area (Å²) in [5.74, 6) is -0.0840. The van der Waals surface area contributed by atoms with E-state index in [0.717, 1.165) is 24.2 Å². The highest BCUT2D eigenvalue weighted by Gasteiger charge is 2.29. The van der Waals surface area contributed by atoms with Crippen LogP contribution in [-0.2, 0) is 4.74 Å². The molecule has 0 unspecified atom stereocenters. The molecule has 1 N–H and O–H groups in total. The van der Waals surface area contributed by atoms with Gasteiger partial charge in [-0.05, 0) is 43.2 Å². The van der Waals surface area contributed by atoms with E-state index in [-0.39, 0.29) is 11.7 Å². The number of methoxy groups -OCH3 is 1. The summed E-state index contributed by atoms with van der Waals surface area (Å²) >= 11 is 0. The molecule has 116 valence electrons. The number of nitrogens with zero attached hydrogens (tertiary/aromatic N) is 2. The van der Waals surface area contributed by atoms with Crippen LogP contribution in [0.1, 0.15) is 34.9 Å². The van der Waals surface area contributed by atoms with Gasteiger partial charge in [-0.15, -0.1) is 0 Å². The van der Waals surface area contributed by atoms with Crippen LogP contribution in [0.4, 0.5) is 4.39 Å². The van der Waals surface area contributed by atoms with E-state index in [1.165, 1.54) is 12.1 Å². The van der Waals surface area contributed by atoms with Gasteiger partial charge in [0.2, 0.25) is 0 Å². The molecule has 0 bridgehead atoms. The van der Waals surface area contributed by atoms with E-state index in [4.69, 9.17) is 4.74 Å². The molecule has 0 radical (unpaired) electrons. The molecule has 0 saturated heterocycles. The van der Waals surface area contributed by atoms with E-state index in [9.17, 15) is 9.18 Å². The highest BCUT2D eigenvalue weighted by Crippen LogP contribution is 2.41. The SMILES string of the molecule is COCCNC(=O)c1cc(C2CC2)n(-c2ccc(F)cc2)n1. The lowest BCUT2D eigenvalue weighted by Crippen LogP contribution is -2.27. The van der Waals surface area contributed by atoms with Crippen LogP contribution in [0.5, 0.6) is 0 Å². The number of ether oxygens (including phenoxy) is 1. The van der Waals surface area contributed by atoms with Gasteiger partial charge in [0.25, 0.3) is 5.91 Å². The van der Waals surface area contributed by atoms with Gasteiger partial charge in [-0.3, -0.25) is 4.79 Å². The largest absolute Gasteiger partial charge is 0.383 e. The van der Waals surface area contributed by atoms with Crippen molar-refractivity contribution in [3.63, 3.8) is 0 Å². The van der Waals surface area contributed by atoms with E-state index in [1.54, 1.807) is 23.9 Å². The fourth-order valence-electron chi connectivity index (χ4n) is 2.32. The van der Waals surface area contributed by atoms with E-state index >= 15 is 0 Å². The number of amides is 1. The summed E-state index contributed by atoms with van der Waals surface area (Å²) in [5, 5.41) is 7.15. The summed E-state index contributed by atoms with van der Waals surface area (Å²) in [6.45, 7) is 0.900. The second-order valence-electron chi connectivity index (χ2n) is 5.37. The lowest BCUT2D eigenvalue weighted by atomic mass is 10.2. The van der Waals surface area contributed by atoms with E-state index in [0.29, 0.717) is 24.8 Å². The third kappa shape index (κ3) is 3.17. The van der Waals surface area contributed by atoms with Gasteiger partial charge >= 0.3 is 0 Å². The standard InChI is InChI=1S/C16H18FN3O2/c1-22-9-8-18-16(21)14-10-15(11-2-3-11)20(19-14)13-6-4-12(17)5-7-13/h4-7,10-11H,2-3,8-9H2,1H3,(H,18,21). The normalized spacial score (nSPS) is 14.1. The van der Waals surface area contributed by atoms with Crippen LogP contribution in [0.3, 0.4) is 0 Å². The van der Waals surface area contributed by atoms with Crippen LogP contribution < -0.4 is 5.32 Å². The molecule has 3 rings (SSSR count). The zero-order valence-electron chi connectivity index (χ0n) is 12.4. The van der Waals surface area contributed by atoms with Crippen molar-refractivity contribution in [2.75, 3.05) is 20.3 Å². The summed E-state index contributed by atoms with van der Waals surface area (Å²) in [5.41, 5.74) is 2.14.